The molecular formula is C20H23N3O3S. The first kappa shape index (κ1) is 19.1. The van der Waals surface area contributed by atoms with Crippen LogP contribution in [-0.2, 0) is 11.2 Å². The van der Waals surface area contributed by atoms with E-state index >= 15 is 0 Å². The highest BCUT2D eigenvalue weighted by Crippen LogP contribution is 2.27. The highest BCUT2D eigenvalue weighted by Gasteiger charge is 2.13. The zero-order valence-electron chi connectivity index (χ0n) is 15.7. The summed E-state index contributed by atoms with van der Waals surface area (Å²) in [6.45, 7) is 6.53. The molecule has 6 nitrogen and oxygen atoms in total. The molecule has 2 heterocycles. The normalized spacial score (nSPS) is 10.8. The zero-order chi connectivity index (χ0) is 19.2. The van der Waals surface area contributed by atoms with Gasteiger partial charge in [-0.15, -0.1) is 11.3 Å². The van der Waals surface area contributed by atoms with Crippen molar-refractivity contribution in [3.05, 3.63) is 46.7 Å². The molecule has 0 saturated heterocycles. The van der Waals surface area contributed by atoms with Crippen LogP contribution in [0.15, 0.2) is 34.2 Å². The van der Waals surface area contributed by atoms with Crippen LogP contribution in [0.3, 0.4) is 0 Å². The number of nitrogens with one attached hydrogen (secondary N) is 1. The fourth-order valence-corrected chi connectivity index (χ4v) is 3.42. The molecule has 27 heavy (non-hydrogen) atoms. The first-order valence-electron chi connectivity index (χ1n) is 8.97. The summed E-state index contributed by atoms with van der Waals surface area (Å²) >= 11 is 1.42. The van der Waals surface area contributed by atoms with E-state index in [1.165, 1.54) is 11.3 Å². The number of benzene rings is 1. The molecule has 142 valence electrons. The van der Waals surface area contributed by atoms with Gasteiger partial charge in [-0.1, -0.05) is 12.1 Å². The molecule has 0 spiro atoms. The van der Waals surface area contributed by atoms with Crippen LogP contribution in [0.25, 0.3) is 11.3 Å². The van der Waals surface area contributed by atoms with E-state index < -0.39 is 0 Å². The number of thiazole rings is 1. The van der Waals surface area contributed by atoms with Crippen molar-refractivity contribution in [1.82, 2.24) is 10.1 Å². The van der Waals surface area contributed by atoms with Gasteiger partial charge in [0.1, 0.15) is 11.5 Å². The molecule has 0 aliphatic carbocycles. The van der Waals surface area contributed by atoms with Gasteiger partial charge >= 0.3 is 0 Å². The number of amides is 1. The maximum atomic E-state index is 12.2. The number of rotatable bonds is 8. The summed E-state index contributed by atoms with van der Waals surface area (Å²) in [4.78, 5) is 16.7. The van der Waals surface area contributed by atoms with Crippen LogP contribution in [0, 0.1) is 13.8 Å². The lowest BCUT2D eigenvalue weighted by Gasteiger charge is -2.04. The third-order valence-corrected chi connectivity index (χ3v) is 4.91. The van der Waals surface area contributed by atoms with E-state index in [4.69, 9.17) is 9.26 Å². The number of nitrogens with zero attached hydrogens (tertiary/aromatic N) is 2. The first-order chi connectivity index (χ1) is 13.1. The number of carbonyl (C=O) groups is 1. The second kappa shape index (κ2) is 8.81. The number of carbonyl (C=O) groups excluding carboxylic acids is 1. The summed E-state index contributed by atoms with van der Waals surface area (Å²) in [5.41, 5.74) is 3.66. The number of aromatic nitrogens is 2. The van der Waals surface area contributed by atoms with Crippen LogP contribution < -0.4 is 10.1 Å². The summed E-state index contributed by atoms with van der Waals surface area (Å²) in [5.74, 6) is 1.55. The topological polar surface area (TPSA) is 77.2 Å². The molecule has 0 radical (unpaired) electrons. The Balaban J connectivity index is 1.56. The van der Waals surface area contributed by atoms with E-state index in [2.05, 4.69) is 22.4 Å². The number of ether oxygens (including phenoxy) is 1. The molecular weight excluding hydrogens is 362 g/mol. The van der Waals surface area contributed by atoms with E-state index in [9.17, 15) is 4.79 Å². The van der Waals surface area contributed by atoms with Crippen LogP contribution in [0.2, 0.25) is 0 Å². The molecule has 1 amide bonds. The fourth-order valence-electron chi connectivity index (χ4n) is 2.68. The minimum atomic E-state index is -0.0702. The number of hydrogen-bond donors (Lipinski definition) is 1. The lowest BCUT2D eigenvalue weighted by molar-refractivity contribution is -0.116. The molecule has 0 unspecified atom stereocenters. The Morgan fingerprint density at radius 3 is 2.70 bits per heavy atom. The third kappa shape index (κ3) is 4.95. The van der Waals surface area contributed by atoms with Crippen molar-refractivity contribution in [2.75, 3.05) is 11.9 Å². The molecule has 0 saturated carbocycles. The maximum absolute atomic E-state index is 12.2. The van der Waals surface area contributed by atoms with Gasteiger partial charge in [-0.2, -0.15) is 0 Å². The molecule has 0 aliphatic heterocycles. The van der Waals surface area contributed by atoms with Gasteiger partial charge in [-0.05, 0) is 51.0 Å². The smallest absolute Gasteiger partial charge is 0.226 e. The van der Waals surface area contributed by atoms with Crippen molar-refractivity contribution < 1.29 is 14.1 Å². The Labute approximate surface area is 162 Å². The van der Waals surface area contributed by atoms with Crippen molar-refractivity contribution in [3.8, 4) is 17.0 Å². The predicted molar refractivity (Wildman–Crippen MR) is 106 cm³/mol. The summed E-state index contributed by atoms with van der Waals surface area (Å²) < 4.78 is 10.7. The monoisotopic (exact) mass is 385 g/mol. The highest BCUT2D eigenvalue weighted by molar-refractivity contribution is 7.14. The highest BCUT2D eigenvalue weighted by atomic mass is 32.1. The number of hydrogen-bond acceptors (Lipinski definition) is 6. The summed E-state index contributed by atoms with van der Waals surface area (Å²) in [6, 6.07) is 7.82. The van der Waals surface area contributed by atoms with E-state index in [0.717, 1.165) is 40.4 Å². The minimum Gasteiger partial charge on any atom is -0.494 e. The van der Waals surface area contributed by atoms with Gasteiger partial charge < -0.3 is 14.6 Å². The SMILES string of the molecule is CCCOc1ccc(-c2csc(NC(=O)CCc3c(C)noc3C)n2)cc1. The average molecular weight is 385 g/mol. The van der Waals surface area contributed by atoms with Gasteiger partial charge in [-0.25, -0.2) is 4.98 Å². The molecule has 3 aromatic rings. The van der Waals surface area contributed by atoms with Crippen LogP contribution in [0.1, 0.15) is 36.8 Å². The van der Waals surface area contributed by atoms with Crippen molar-refractivity contribution in [1.29, 1.82) is 0 Å². The van der Waals surface area contributed by atoms with Gasteiger partial charge in [0.15, 0.2) is 5.13 Å². The Hall–Kier alpha value is -2.67. The summed E-state index contributed by atoms with van der Waals surface area (Å²) in [7, 11) is 0. The quantitative estimate of drug-likeness (QED) is 0.604. The number of anilines is 1. The minimum absolute atomic E-state index is 0.0702. The van der Waals surface area contributed by atoms with Crippen molar-refractivity contribution >= 4 is 22.4 Å². The Morgan fingerprint density at radius 1 is 1.26 bits per heavy atom. The second-order valence-corrected chi connectivity index (χ2v) is 7.12. The lowest BCUT2D eigenvalue weighted by atomic mass is 10.1. The Bertz CT molecular complexity index is 880. The molecule has 0 bridgehead atoms. The van der Waals surface area contributed by atoms with Crippen molar-refractivity contribution in [2.24, 2.45) is 0 Å². The van der Waals surface area contributed by atoms with Gasteiger partial charge in [0.25, 0.3) is 0 Å². The largest absolute Gasteiger partial charge is 0.494 e. The molecule has 0 atom stereocenters. The lowest BCUT2D eigenvalue weighted by Crippen LogP contribution is -2.12. The van der Waals surface area contributed by atoms with E-state index in [1.807, 2.05) is 43.5 Å². The zero-order valence-corrected chi connectivity index (χ0v) is 16.6. The molecule has 2 aromatic heterocycles. The van der Waals surface area contributed by atoms with Gasteiger partial charge in [-0.3, -0.25) is 4.79 Å². The molecule has 1 N–H and O–H groups in total. The van der Waals surface area contributed by atoms with Crippen molar-refractivity contribution in [3.63, 3.8) is 0 Å². The van der Waals surface area contributed by atoms with E-state index in [-0.39, 0.29) is 5.91 Å². The Kier molecular flexibility index (Phi) is 6.24. The molecule has 1 aromatic carbocycles. The Morgan fingerprint density at radius 2 is 2.04 bits per heavy atom. The molecule has 3 rings (SSSR count). The van der Waals surface area contributed by atoms with E-state index in [0.29, 0.717) is 24.6 Å². The van der Waals surface area contributed by atoms with Crippen LogP contribution in [0.5, 0.6) is 5.75 Å². The third-order valence-electron chi connectivity index (χ3n) is 4.16. The van der Waals surface area contributed by atoms with Gasteiger partial charge in [0.05, 0.1) is 18.0 Å². The van der Waals surface area contributed by atoms with Crippen LogP contribution in [-0.4, -0.2) is 22.7 Å². The second-order valence-electron chi connectivity index (χ2n) is 6.26. The first-order valence-corrected chi connectivity index (χ1v) is 9.85. The van der Waals surface area contributed by atoms with Gasteiger partial charge in [0, 0.05) is 22.9 Å². The molecule has 7 heteroatoms. The van der Waals surface area contributed by atoms with Gasteiger partial charge in [0.2, 0.25) is 5.91 Å². The fraction of sp³-hybridized carbons (Fsp3) is 0.350. The standard InChI is InChI=1S/C20H23N3O3S/c1-4-11-25-16-7-5-15(6-8-16)18-12-27-20(21-18)22-19(24)10-9-17-13(2)23-26-14(17)3/h5-8,12H,4,9-11H2,1-3H3,(H,21,22,24). The van der Waals surface area contributed by atoms with Crippen LogP contribution in [0.4, 0.5) is 5.13 Å². The average Bonchev–Trinajstić information content (AvgIpc) is 3.25. The van der Waals surface area contributed by atoms with Crippen molar-refractivity contribution in [2.45, 2.75) is 40.0 Å². The summed E-state index contributed by atoms with van der Waals surface area (Å²) in [5, 5.41) is 9.31. The summed E-state index contributed by atoms with van der Waals surface area (Å²) in [6.07, 6.45) is 1.94. The van der Waals surface area contributed by atoms with E-state index in [1.54, 1.807) is 0 Å². The van der Waals surface area contributed by atoms with Crippen LogP contribution >= 0.6 is 11.3 Å². The molecule has 0 fully saturated rings. The number of aryl methyl sites for hydroxylation is 2. The predicted octanol–water partition coefficient (Wildman–Crippen LogP) is 4.78. The molecule has 0 aliphatic rings. The maximum Gasteiger partial charge on any atom is 0.226 e.